The lowest BCUT2D eigenvalue weighted by molar-refractivity contribution is -0.123. The zero-order valence-electron chi connectivity index (χ0n) is 16.7. The average Bonchev–Trinajstić information content (AvgIpc) is 3.21. The molecule has 3 aliphatic heterocycles. The first-order valence-electron chi connectivity index (χ1n) is 10.5. The fourth-order valence-corrected chi connectivity index (χ4v) is 4.95. The predicted molar refractivity (Wildman–Crippen MR) is 107 cm³/mol. The molecule has 0 N–H and O–H groups in total. The van der Waals surface area contributed by atoms with Crippen LogP contribution >= 0.6 is 0 Å². The van der Waals surface area contributed by atoms with Crippen LogP contribution in [0, 0.1) is 19.8 Å². The Morgan fingerprint density at radius 3 is 2.26 bits per heavy atom. The number of rotatable bonds is 1. The van der Waals surface area contributed by atoms with Gasteiger partial charge in [-0.15, -0.1) is 0 Å². The van der Waals surface area contributed by atoms with Crippen molar-refractivity contribution in [1.29, 1.82) is 0 Å². The van der Waals surface area contributed by atoms with Gasteiger partial charge in [-0.2, -0.15) is 0 Å². The molecule has 27 heavy (non-hydrogen) atoms. The second-order valence-electron chi connectivity index (χ2n) is 8.41. The molecule has 2 fully saturated rings. The van der Waals surface area contributed by atoms with E-state index in [9.17, 15) is 9.59 Å². The molecule has 0 saturated carbocycles. The summed E-state index contributed by atoms with van der Waals surface area (Å²) in [5.74, 6) is 0.300. The minimum absolute atomic E-state index is 0.0411. The molecule has 0 spiro atoms. The Labute approximate surface area is 162 Å². The van der Waals surface area contributed by atoms with E-state index in [4.69, 9.17) is 0 Å². The fourth-order valence-electron chi connectivity index (χ4n) is 4.95. The van der Waals surface area contributed by atoms with E-state index in [0.717, 1.165) is 63.8 Å². The van der Waals surface area contributed by atoms with Gasteiger partial charge in [0.15, 0.2) is 0 Å². The van der Waals surface area contributed by atoms with Crippen LogP contribution in [0.4, 0.5) is 10.5 Å². The van der Waals surface area contributed by atoms with E-state index in [1.807, 2.05) is 14.7 Å². The molecule has 0 radical (unpaired) electrons. The van der Waals surface area contributed by atoms with Gasteiger partial charge in [-0.25, -0.2) is 4.79 Å². The standard InChI is InChI=1S/C22H31N3O2/c1-16-14-17(2)19-6-5-11-25(20(19)15-16)21(26)18-7-12-24(13-8-18)22(27)23-9-3-4-10-23/h14-15,18H,3-13H2,1-2H3. The van der Waals surface area contributed by atoms with Gasteiger partial charge < -0.3 is 14.7 Å². The number of carbonyl (C=O) groups excluding carboxylic acids is 2. The predicted octanol–water partition coefficient (Wildman–Crippen LogP) is 3.51. The highest BCUT2D eigenvalue weighted by Crippen LogP contribution is 2.33. The molecule has 1 aromatic carbocycles. The Balaban J connectivity index is 1.43. The number of aryl methyl sites for hydroxylation is 2. The van der Waals surface area contributed by atoms with Crippen LogP contribution in [0.2, 0.25) is 0 Å². The summed E-state index contributed by atoms with van der Waals surface area (Å²) < 4.78 is 0. The number of likely N-dealkylation sites (tertiary alicyclic amines) is 2. The van der Waals surface area contributed by atoms with Gasteiger partial charge in [0, 0.05) is 44.3 Å². The van der Waals surface area contributed by atoms with Crippen molar-refractivity contribution in [3.05, 3.63) is 28.8 Å². The summed E-state index contributed by atoms with van der Waals surface area (Å²) in [6, 6.07) is 4.56. The van der Waals surface area contributed by atoms with Crippen molar-refractivity contribution in [2.75, 3.05) is 37.6 Å². The second kappa shape index (κ2) is 7.53. The lowest BCUT2D eigenvalue weighted by atomic mass is 9.91. The van der Waals surface area contributed by atoms with Crippen molar-refractivity contribution in [2.45, 2.75) is 52.4 Å². The zero-order chi connectivity index (χ0) is 19.0. The molecule has 3 amide bonds. The van der Waals surface area contributed by atoms with E-state index >= 15 is 0 Å². The molecular formula is C22H31N3O2. The fraction of sp³-hybridized carbons (Fsp3) is 0.636. The summed E-state index contributed by atoms with van der Waals surface area (Å²) in [5.41, 5.74) is 4.98. The molecule has 0 aromatic heterocycles. The second-order valence-corrected chi connectivity index (χ2v) is 8.41. The molecule has 146 valence electrons. The molecule has 2 saturated heterocycles. The van der Waals surface area contributed by atoms with Crippen molar-refractivity contribution in [3.8, 4) is 0 Å². The Hall–Kier alpha value is -2.04. The normalized spacial score (nSPS) is 20.7. The van der Waals surface area contributed by atoms with Crippen molar-refractivity contribution in [2.24, 2.45) is 5.92 Å². The highest BCUT2D eigenvalue weighted by atomic mass is 16.2. The molecular weight excluding hydrogens is 338 g/mol. The van der Waals surface area contributed by atoms with Gasteiger partial charge in [-0.1, -0.05) is 6.07 Å². The lowest BCUT2D eigenvalue weighted by Gasteiger charge is -2.38. The van der Waals surface area contributed by atoms with Gasteiger partial charge in [0.1, 0.15) is 0 Å². The lowest BCUT2D eigenvalue weighted by Crippen LogP contribution is -2.49. The molecule has 0 atom stereocenters. The Kier molecular flexibility index (Phi) is 5.11. The van der Waals surface area contributed by atoms with E-state index in [0.29, 0.717) is 13.1 Å². The van der Waals surface area contributed by atoms with Gasteiger partial charge in [-0.05, 0) is 75.1 Å². The van der Waals surface area contributed by atoms with Crippen LogP contribution in [0.15, 0.2) is 12.1 Å². The van der Waals surface area contributed by atoms with Gasteiger partial charge in [-0.3, -0.25) is 4.79 Å². The van der Waals surface area contributed by atoms with Crippen molar-refractivity contribution < 1.29 is 9.59 Å². The summed E-state index contributed by atoms with van der Waals surface area (Å²) in [6.07, 6.45) is 5.91. The maximum absolute atomic E-state index is 13.3. The maximum Gasteiger partial charge on any atom is 0.319 e. The summed E-state index contributed by atoms with van der Waals surface area (Å²) >= 11 is 0. The largest absolute Gasteiger partial charge is 0.325 e. The number of carbonyl (C=O) groups is 2. The van der Waals surface area contributed by atoms with Gasteiger partial charge in [0.25, 0.3) is 0 Å². The van der Waals surface area contributed by atoms with Crippen molar-refractivity contribution in [3.63, 3.8) is 0 Å². The Morgan fingerprint density at radius 2 is 1.56 bits per heavy atom. The maximum atomic E-state index is 13.3. The molecule has 3 aliphatic rings. The van der Waals surface area contributed by atoms with Crippen LogP contribution in [-0.4, -0.2) is 54.5 Å². The molecule has 3 heterocycles. The molecule has 4 rings (SSSR count). The number of nitrogens with zero attached hydrogens (tertiary/aromatic N) is 3. The molecule has 5 heteroatoms. The third kappa shape index (κ3) is 3.56. The molecule has 0 aliphatic carbocycles. The van der Waals surface area contributed by atoms with Gasteiger partial charge in [0.2, 0.25) is 5.91 Å². The molecule has 0 unspecified atom stereocenters. The van der Waals surface area contributed by atoms with Crippen LogP contribution in [-0.2, 0) is 11.2 Å². The van der Waals surface area contributed by atoms with Gasteiger partial charge in [0.05, 0.1) is 0 Å². The number of piperidine rings is 1. The smallest absolute Gasteiger partial charge is 0.319 e. The summed E-state index contributed by atoms with van der Waals surface area (Å²) in [7, 11) is 0. The summed E-state index contributed by atoms with van der Waals surface area (Å²) in [6.45, 7) is 8.28. The minimum atomic E-state index is 0.0411. The number of fused-ring (bicyclic) bond motifs is 1. The van der Waals surface area contributed by atoms with Crippen LogP contribution in [0.1, 0.15) is 48.8 Å². The third-order valence-electron chi connectivity index (χ3n) is 6.45. The van der Waals surface area contributed by atoms with Gasteiger partial charge >= 0.3 is 6.03 Å². The summed E-state index contributed by atoms with van der Waals surface area (Å²) in [5, 5.41) is 0. The van der Waals surface area contributed by atoms with Crippen LogP contribution < -0.4 is 4.90 Å². The number of anilines is 1. The zero-order valence-corrected chi connectivity index (χ0v) is 16.7. The summed E-state index contributed by atoms with van der Waals surface area (Å²) in [4.78, 5) is 31.8. The number of urea groups is 1. The number of amides is 3. The van der Waals surface area contributed by atoms with Crippen LogP contribution in [0.3, 0.4) is 0 Å². The molecule has 5 nitrogen and oxygen atoms in total. The molecule has 1 aromatic rings. The first-order valence-corrected chi connectivity index (χ1v) is 10.5. The number of benzene rings is 1. The van der Waals surface area contributed by atoms with Crippen molar-refractivity contribution >= 4 is 17.6 Å². The number of hydrogen-bond acceptors (Lipinski definition) is 2. The minimum Gasteiger partial charge on any atom is -0.325 e. The average molecular weight is 370 g/mol. The van der Waals surface area contributed by atoms with Crippen LogP contribution in [0.5, 0.6) is 0 Å². The van der Waals surface area contributed by atoms with E-state index in [1.165, 1.54) is 16.7 Å². The monoisotopic (exact) mass is 369 g/mol. The quantitative estimate of drug-likeness (QED) is 0.760. The molecule has 0 bridgehead atoms. The third-order valence-corrected chi connectivity index (χ3v) is 6.45. The Bertz CT molecular complexity index is 731. The highest BCUT2D eigenvalue weighted by Gasteiger charge is 2.34. The highest BCUT2D eigenvalue weighted by molar-refractivity contribution is 5.96. The van der Waals surface area contributed by atoms with E-state index in [2.05, 4.69) is 26.0 Å². The SMILES string of the molecule is Cc1cc(C)c2c(c1)N(C(=O)C1CCN(C(=O)N3CCCC3)CC1)CCC2. The van der Waals surface area contributed by atoms with Crippen LogP contribution in [0.25, 0.3) is 0 Å². The number of hydrogen-bond donors (Lipinski definition) is 0. The topological polar surface area (TPSA) is 43.9 Å². The Morgan fingerprint density at radius 1 is 0.889 bits per heavy atom. The van der Waals surface area contributed by atoms with E-state index in [-0.39, 0.29) is 17.9 Å². The van der Waals surface area contributed by atoms with E-state index < -0.39 is 0 Å². The first kappa shape index (κ1) is 18.3. The first-order chi connectivity index (χ1) is 13.0. The van der Waals surface area contributed by atoms with E-state index in [1.54, 1.807) is 0 Å². The van der Waals surface area contributed by atoms with Crippen molar-refractivity contribution in [1.82, 2.24) is 9.80 Å².